The van der Waals surface area contributed by atoms with Crippen LogP contribution in [-0.4, -0.2) is 32.6 Å². The third kappa shape index (κ3) is 11.9. The van der Waals surface area contributed by atoms with Gasteiger partial charge in [-0.15, -0.1) is 59.3 Å². The summed E-state index contributed by atoms with van der Waals surface area (Å²) in [4.78, 5) is 26.3. The van der Waals surface area contributed by atoms with Gasteiger partial charge >= 0.3 is 40.8 Å². The minimum absolute atomic E-state index is 0. The average Bonchev–Trinajstić information content (AvgIpc) is 3.41. The van der Waals surface area contributed by atoms with Crippen LogP contribution < -0.4 is 0 Å². The van der Waals surface area contributed by atoms with Gasteiger partial charge in [0.15, 0.2) is 0 Å². The molecule has 12 aromatic rings. The third-order valence-corrected chi connectivity index (χ3v) is 10.4. The topological polar surface area (TPSA) is 104 Å². The Kier molecular flexibility index (Phi) is 17.4. The Morgan fingerprint density at radius 1 is 0.324 bits per heavy atom. The van der Waals surface area contributed by atoms with Crippen molar-refractivity contribution in [2.45, 2.75) is 0 Å². The Morgan fingerprint density at radius 2 is 0.632 bits per heavy atom. The molecule has 0 saturated carbocycles. The first-order valence-electron chi connectivity index (χ1n) is 21.3. The van der Waals surface area contributed by atoms with Gasteiger partial charge in [-0.2, -0.15) is 0 Å². The number of aromatic nitrogens is 4. The normalized spacial score (nSPS) is 10.6. The first-order valence-corrected chi connectivity index (χ1v) is 21.3. The molecule has 0 fully saturated rings. The first-order chi connectivity index (χ1) is 32.8. The van der Waals surface area contributed by atoms with Crippen molar-refractivity contribution in [3.63, 3.8) is 0 Å². The summed E-state index contributed by atoms with van der Waals surface area (Å²) >= 11 is 0. The van der Waals surface area contributed by atoms with E-state index in [2.05, 4.69) is 101 Å². The molecule has 2 heterocycles. The van der Waals surface area contributed by atoms with E-state index in [-0.39, 0.29) is 40.8 Å². The predicted octanol–water partition coefficient (Wildman–Crippen LogP) is 15.6. The summed E-state index contributed by atoms with van der Waals surface area (Å²) in [6, 6.07) is 74.3. The molecule has 12 rings (SSSR count). The molecule has 0 N–H and O–H groups in total. The Balaban J connectivity index is 0.000000134. The standard InChI is InChI=1S/2C16H9N2.2C13H11N2.2Pd/c2*1-3-7-13-11(5-1)12-6-2-4-8-14(12)16-15(13)17-9-10-18-16;2*1-3-7-12(8-4-1)14-11-15-13-9-5-2-6-10-13;;/h2*1-7,9-10H;2*1-11H;;/q4*-1;2*+2. The van der Waals surface area contributed by atoms with Crippen molar-refractivity contribution < 1.29 is 40.8 Å². The molecule has 0 aliphatic heterocycles. The van der Waals surface area contributed by atoms with E-state index in [1.807, 2.05) is 158 Å². The smallest absolute Gasteiger partial charge is 0.443 e. The summed E-state index contributed by atoms with van der Waals surface area (Å²) in [6.07, 6.45) is 10.1. The molecule has 0 amide bonds. The van der Waals surface area contributed by atoms with Gasteiger partial charge in [0.2, 0.25) is 0 Å². The van der Waals surface area contributed by atoms with E-state index in [9.17, 15) is 0 Å². The molecule has 332 valence electrons. The molecule has 0 aliphatic rings. The molecule has 0 unspecified atom stereocenters. The number of nitrogens with zero attached hydrogens (tertiary/aromatic N) is 8. The molecule has 0 atom stereocenters. The van der Waals surface area contributed by atoms with Crippen LogP contribution >= 0.6 is 0 Å². The fraction of sp³-hybridized carbons (Fsp3) is 0. The van der Waals surface area contributed by atoms with E-state index in [4.69, 9.17) is 0 Å². The molecule has 0 bridgehead atoms. The fourth-order valence-corrected chi connectivity index (χ4v) is 7.38. The van der Waals surface area contributed by atoms with Crippen molar-refractivity contribution in [1.82, 2.24) is 19.9 Å². The molecule has 68 heavy (non-hydrogen) atoms. The monoisotopic (exact) mass is 1060 g/mol. The van der Waals surface area contributed by atoms with Crippen LogP contribution in [0.2, 0.25) is 0 Å². The maximum atomic E-state index is 4.48. The van der Waals surface area contributed by atoms with E-state index in [0.717, 1.165) is 66.4 Å². The largest absolute Gasteiger partial charge is 2.00 e. The Labute approximate surface area is 422 Å². The van der Waals surface area contributed by atoms with Crippen LogP contribution in [0.5, 0.6) is 0 Å². The summed E-state index contributed by atoms with van der Waals surface area (Å²) < 4.78 is 0. The molecule has 10 heteroatoms. The average molecular weight is 1060 g/mol. The minimum atomic E-state index is 0. The second-order valence-electron chi connectivity index (χ2n) is 14.6. The zero-order valence-electron chi connectivity index (χ0n) is 36.3. The van der Waals surface area contributed by atoms with E-state index >= 15 is 0 Å². The zero-order valence-corrected chi connectivity index (χ0v) is 39.4. The quantitative estimate of drug-likeness (QED) is 0.0544. The zero-order chi connectivity index (χ0) is 44.6. The van der Waals surface area contributed by atoms with Crippen molar-refractivity contribution in [3.8, 4) is 0 Å². The third-order valence-electron chi connectivity index (χ3n) is 10.4. The molecule has 2 aromatic heterocycles. The Morgan fingerprint density at radius 3 is 1.01 bits per heavy atom. The molecule has 8 nitrogen and oxygen atoms in total. The maximum Gasteiger partial charge on any atom is 2.00 e. The number of aliphatic imine (C=N–C) groups is 2. The summed E-state index contributed by atoms with van der Waals surface area (Å²) in [5.41, 5.74) is 7.40. The van der Waals surface area contributed by atoms with Crippen LogP contribution in [0, 0.1) is 12.1 Å². The molecule has 0 aliphatic carbocycles. The van der Waals surface area contributed by atoms with Gasteiger partial charge in [0.25, 0.3) is 0 Å². The number of hydrogen-bond acceptors (Lipinski definition) is 6. The second-order valence-corrected chi connectivity index (χ2v) is 14.6. The van der Waals surface area contributed by atoms with Gasteiger partial charge in [0.05, 0.1) is 11.0 Å². The predicted molar refractivity (Wildman–Crippen MR) is 275 cm³/mol. The van der Waals surface area contributed by atoms with E-state index in [0.29, 0.717) is 0 Å². The van der Waals surface area contributed by atoms with Gasteiger partial charge < -0.3 is 30.6 Å². The molecule has 0 saturated heterocycles. The summed E-state index contributed by atoms with van der Waals surface area (Å²) in [5, 5.41) is 17.6. The summed E-state index contributed by atoms with van der Waals surface area (Å²) in [6.45, 7) is 0. The Bertz CT molecular complexity index is 2860. The van der Waals surface area contributed by atoms with Crippen molar-refractivity contribution in [2.24, 2.45) is 9.98 Å². The van der Waals surface area contributed by atoms with E-state index in [1.165, 1.54) is 21.5 Å². The van der Waals surface area contributed by atoms with Gasteiger partial charge in [-0.3, -0.25) is 9.97 Å². The van der Waals surface area contributed by atoms with Crippen molar-refractivity contribution in [2.75, 3.05) is 0 Å². The van der Waals surface area contributed by atoms with Crippen LogP contribution in [-0.2, 0) is 40.8 Å². The SMILES string of the molecule is C(=Nc1ccccc1)[N-]c1ccccc1.C(=Nc1ccccc1)[N-]c1ccccc1.[Pd+2].[Pd+2].[c-]1cccc2c1c1nccnc1c1ccccc21.[c-]1cccc2c1c1nccnc1c1ccccc21. The van der Waals surface area contributed by atoms with Crippen LogP contribution in [0.15, 0.2) is 241 Å². The first kappa shape index (κ1) is 48.1. The van der Waals surface area contributed by atoms with Crippen LogP contribution in [0.1, 0.15) is 0 Å². The number of hydrogen-bond donors (Lipinski definition) is 0. The molecular formula is C58H40N8Pd2. The van der Waals surface area contributed by atoms with Crippen molar-refractivity contribution in [1.29, 1.82) is 0 Å². The molecule has 0 spiro atoms. The summed E-state index contributed by atoms with van der Waals surface area (Å²) in [7, 11) is 0. The number of rotatable bonds is 6. The molecule has 10 aromatic carbocycles. The van der Waals surface area contributed by atoms with Crippen LogP contribution in [0.3, 0.4) is 0 Å². The van der Waals surface area contributed by atoms with Crippen LogP contribution in [0.25, 0.3) is 75.8 Å². The van der Waals surface area contributed by atoms with Gasteiger partial charge in [0, 0.05) is 35.8 Å². The van der Waals surface area contributed by atoms with Crippen LogP contribution in [0.4, 0.5) is 22.7 Å². The van der Waals surface area contributed by atoms with E-state index in [1.54, 1.807) is 37.5 Å². The number of para-hydroxylation sites is 4. The number of benzene rings is 10. The number of fused-ring (bicyclic) bond motifs is 12. The van der Waals surface area contributed by atoms with E-state index < -0.39 is 0 Å². The van der Waals surface area contributed by atoms with Gasteiger partial charge in [-0.1, -0.05) is 204 Å². The molecule has 0 radical (unpaired) electrons. The summed E-state index contributed by atoms with van der Waals surface area (Å²) in [5.74, 6) is 0. The van der Waals surface area contributed by atoms with Crippen molar-refractivity contribution >= 4 is 101 Å². The van der Waals surface area contributed by atoms with Gasteiger partial charge in [-0.05, 0) is 33.5 Å². The second kappa shape index (κ2) is 24.6. The fourth-order valence-electron chi connectivity index (χ4n) is 7.38. The molecular weight excluding hydrogens is 1020 g/mol. The minimum Gasteiger partial charge on any atom is -0.443 e. The van der Waals surface area contributed by atoms with Gasteiger partial charge in [-0.25, -0.2) is 0 Å². The van der Waals surface area contributed by atoms with Gasteiger partial charge in [0.1, 0.15) is 0 Å². The maximum absolute atomic E-state index is 4.48. The van der Waals surface area contributed by atoms with Crippen molar-refractivity contribution in [3.05, 3.63) is 254 Å². The Hall–Kier alpha value is -7.82.